The lowest BCUT2D eigenvalue weighted by atomic mass is 9.88. The maximum Gasteiger partial charge on any atom is 0.263 e. The van der Waals surface area contributed by atoms with Gasteiger partial charge in [-0.2, -0.15) is 0 Å². The van der Waals surface area contributed by atoms with Gasteiger partial charge in [-0.25, -0.2) is 0 Å². The average molecular weight is 293 g/mol. The molecule has 0 aliphatic carbocycles. The molecule has 116 valence electrons. The number of carbonyl (C=O) groups is 1. The molecule has 0 saturated carbocycles. The van der Waals surface area contributed by atoms with Gasteiger partial charge in [0.15, 0.2) is 17.6 Å². The van der Waals surface area contributed by atoms with Crippen molar-refractivity contribution in [2.45, 2.75) is 20.0 Å². The van der Waals surface area contributed by atoms with Gasteiger partial charge in [-0.3, -0.25) is 4.79 Å². The highest BCUT2D eigenvalue weighted by Crippen LogP contribution is 2.29. The maximum absolute atomic E-state index is 12.4. The van der Waals surface area contributed by atoms with Crippen molar-refractivity contribution in [3.05, 3.63) is 24.3 Å². The monoisotopic (exact) mass is 293 g/mol. The van der Waals surface area contributed by atoms with Crippen LogP contribution in [0.3, 0.4) is 0 Å². The number of methoxy groups -OCH3 is 1. The van der Waals surface area contributed by atoms with Crippen LogP contribution in [0.15, 0.2) is 24.3 Å². The fourth-order valence-electron chi connectivity index (χ4n) is 2.46. The molecular formula is C16H23NO4. The Labute approximate surface area is 125 Å². The Morgan fingerprint density at radius 1 is 1.38 bits per heavy atom. The minimum absolute atomic E-state index is 0.0472. The molecule has 0 aromatic heterocycles. The van der Waals surface area contributed by atoms with Crippen LogP contribution in [0.25, 0.3) is 0 Å². The molecule has 5 nitrogen and oxygen atoms in total. The lowest BCUT2D eigenvalue weighted by Crippen LogP contribution is -2.51. The molecule has 2 rings (SSSR count). The van der Waals surface area contributed by atoms with E-state index in [1.54, 1.807) is 32.0 Å². The summed E-state index contributed by atoms with van der Waals surface area (Å²) >= 11 is 0. The minimum atomic E-state index is -0.559. The SMILES string of the molecule is COc1ccccc1O[C@H](C)C(=O)N(C)CC1(C)COC1. The van der Waals surface area contributed by atoms with Crippen LogP contribution in [0.2, 0.25) is 0 Å². The molecule has 0 radical (unpaired) electrons. The van der Waals surface area contributed by atoms with E-state index in [1.165, 1.54) is 0 Å². The molecule has 1 saturated heterocycles. The quantitative estimate of drug-likeness (QED) is 0.804. The molecule has 1 heterocycles. The van der Waals surface area contributed by atoms with Crippen LogP contribution in [0.5, 0.6) is 11.5 Å². The van der Waals surface area contributed by atoms with Crippen molar-refractivity contribution in [2.75, 3.05) is 33.9 Å². The Morgan fingerprint density at radius 3 is 2.52 bits per heavy atom. The number of ether oxygens (including phenoxy) is 3. The zero-order valence-corrected chi connectivity index (χ0v) is 13.1. The molecule has 0 bridgehead atoms. The van der Waals surface area contributed by atoms with Gasteiger partial charge in [0, 0.05) is 19.0 Å². The van der Waals surface area contributed by atoms with Gasteiger partial charge in [0.1, 0.15) is 0 Å². The van der Waals surface area contributed by atoms with Crippen molar-refractivity contribution in [1.29, 1.82) is 0 Å². The van der Waals surface area contributed by atoms with E-state index in [1.807, 2.05) is 18.2 Å². The maximum atomic E-state index is 12.4. The van der Waals surface area contributed by atoms with E-state index in [-0.39, 0.29) is 11.3 Å². The first-order valence-electron chi connectivity index (χ1n) is 7.07. The largest absolute Gasteiger partial charge is 0.493 e. The standard InChI is InChI=1S/C16H23NO4/c1-12(21-14-8-6-5-7-13(14)19-4)15(18)17(3)9-16(2)10-20-11-16/h5-8,12H,9-11H2,1-4H3/t12-/m1/s1. The summed E-state index contributed by atoms with van der Waals surface area (Å²) in [6.07, 6.45) is -0.559. The molecule has 1 amide bonds. The average Bonchev–Trinajstić information content (AvgIpc) is 2.45. The van der Waals surface area contributed by atoms with Crippen molar-refractivity contribution in [3.8, 4) is 11.5 Å². The minimum Gasteiger partial charge on any atom is -0.493 e. The van der Waals surface area contributed by atoms with E-state index in [4.69, 9.17) is 14.2 Å². The third-order valence-electron chi connectivity index (χ3n) is 3.62. The molecule has 0 spiro atoms. The molecule has 1 fully saturated rings. The Bertz CT molecular complexity index is 499. The van der Waals surface area contributed by atoms with Crippen LogP contribution in [0.4, 0.5) is 0 Å². The number of carbonyl (C=O) groups excluding carboxylic acids is 1. The molecule has 5 heteroatoms. The summed E-state index contributed by atoms with van der Waals surface area (Å²) in [5, 5.41) is 0. The number of nitrogens with zero attached hydrogens (tertiary/aromatic N) is 1. The molecule has 1 aliphatic rings. The number of amides is 1. The summed E-state index contributed by atoms with van der Waals surface area (Å²) in [6, 6.07) is 7.32. The molecule has 21 heavy (non-hydrogen) atoms. The van der Waals surface area contributed by atoms with Crippen molar-refractivity contribution >= 4 is 5.91 Å². The lowest BCUT2D eigenvalue weighted by molar-refractivity contribution is -0.147. The van der Waals surface area contributed by atoms with Crippen LogP contribution in [0.1, 0.15) is 13.8 Å². The van der Waals surface area contributed by atoms with Crippen LogP contribution in [-0.4, -0.2) is 50.8 Å². The van der Waals surface area contributed by atoms with Gasteiger partial charge in [0.25, 0.3) is 5.91 Å². The summed E-state index contributed by atoms with van der Waals surface area (Å²) in [4.78, 5) is 14.1. The third-order valence-corrected chi connectivity index (χ3v) is 3.62. The molecule has 1 aliphatic heterocycles. The van der Waals surface area contributed by atoms with Gasteiger partial charge in [-0.1, -0.05) is 19.1 Å². The van der Waals surface area contributed by atoms with Gasteiger partial charge in [0.2, 0.25) is 0 Å². The fraction of sp³-hybridized carbons (Fsp3) is 0.562. The van der Waals surface area contributed by atoms with Crippen molar-refractivity contribution in [1.82, 2.24) is 4.90 Å². The van der Waals surface area contributed by atoms with E-state index < -0.39 is 6.10 Å². The number of rotatable bonds is 6. The summed E-state index contributed by atoms with van der Waals surface area (Å²) in [5.74, 6) is 1.15. The number of hydrogen-bond donors (Lipinski definition) is 0. The predicted molar refractivity (Wildman–Crippen MR) is 79.6 cm³/mol. The first-order valence-corrected chi connectivity index (χ1v) is 7.07. The first-order chi connectivity index (χ1) is 9.95. The molecule has 1 atom stereocenters. The zero-order valence-electron chi connectivity index (χ0n) is 13.1. The smallest absolute Gasteiger partial charge is 0.263 e. The highest BCUT2D eigenvalue weighted by Gasteiger charge is 2.36. The van der Waals surface area contributed by atoms with Gasteiger partial charge in [0.05, 0.1) is 20.3 Å². The lowest BCUT2D eigenvalue weighted by Gasteiger charge is -2.41. The van der Waals surface area contributed by atoms with Gasteiger partial charge in [-0.05, 0) is 19.1 Å². The summed E-state index contributed by atoms with van der Waals surface area (Å²) in [7, 11) is 3.38. The van der Waals surface area contributed by atoms with Gasteiger partial charge in [-0.15, -0.1) is 0 Å². The topological polar surface area (TPSA) is 48.0 Å². The van der Waals surface area contributed by atoms with E-state index in [9.17, 15) is 4.79 Å². The Hall–Kier alpha value is -1.75. The second-order valence-electron chi connectivity index (χ2n) is 5.91. The highest BCUT2D eigenvalue weighted by molar-refractivity contribution is 5.80. The van der Waals surface area contributed by atoms with E-state index in [0.29, 0.717) is 31.3 Å². The number of hydrogen-bond acceptors (Lipinski definition) is 4. The highest BCUT2D eigenvalue weighted by atomic mass is 16.5. The van der Waals surface area contributed by atoms with Crippen molar-refractivity contribution in [3.63, 3.8) is 0 Å². The molecule has 1 aromatic carbocycles. The van der Waals surface area contributed by atoms with E-state index in [0.717, 1.165) is 0 Å². The Kier molecular flexibility index (Phi) is 4.73. The number of para-hydroxylation sites is 2. The fourth-order valence-corrected chi connectivity index (χ4v) is 2.46. The van der Waals surface area contributed by atoms with Crippen molar-refractivity contribution < 1.29 is 19.0 Å². The number of likely N-dealkylation sites (N-methyl/N-ethyl adjacent to an activating group) is 1. The second kappa shape index (κ2) is 6.35. The molecule has 1 aromatic rings. The second-order valence-corrected chi connectivity index (χ2v) is 5.91. The normalized spacial score (nSPS) is 17.5. The molecular weight excluding hydrogens is 270 g/mol. The number of benzene rings is 1. The van der Waals surface area contributed by atoms with E-state index in [2.05, 4.69) is 6.92 Å². The van der Waals surface area contributed by atoms with E-state index >= 15 is 0 Å². The predicted octanol–water partition coefficient (Wildman–Crippen LogP) is 1.96. The van der Waals surface area contributed by atoms with Crippen LogP contribution >= 0.6 is 0 Å². The van der Waals surface area contributed by atoms with Gasteiger partial charge < -0.3 is 19.1 Å². The van der Waals surface area contributed by atoms with Crippen LogP contribution < -0.4 is 9.47 Å². The Balaban J connectivity index is 1.95. The van der Waals surface area contributed by atoms with Crippen LogP contribution in [0, 0.1) is 5.41 Å². The van der Waals surface area contributed by atoms with Crippen LogP contribution in [-0.2, 0) is 9.53 Å². The zero-order chi connectivity index (χ0) is 15.5. The van der Waals surface area contributed by atoms with Crippen molar-refractivity contribution in [2.24, 2.45) is 5.41 Å². The summed E-state index contributed by atoms with van der Waals surface area (Å²) in [5.41, 5.74) is 0.0641. The summed E-state index contributed by atoms with van der Waals surface area (Å²) < 4.78 is 16.2. The summed E-state index contributed by atoms with van der Waals surface area (Å²) in [6.45, 7) is 5.95. The third kappa shape index (κ3) is 3.67. The molecule has 0 unspecified atom stereocenters. The first kappa shape index (κ1) is 15.6. The Morgan fingerprint density at radius 2 is 2.00 bits per heavy atom. The molecule has 0 N–H and O–H groups in total. The van der Waals surface area contributed by atoms with Gasteiger partial charge >= 0.3 is 0 Å².